The van der Waals surface area contributed by atoms with Gasteiger partial charge in [-0.05, 0) is 36.8 Å². The van der Waals surface area contributed by atoms with Crippen LogP contribution in [0.4, 0.5) is 0 Å². The minimum absolute atomic E-state index is 0.176. The van der Waals surface area contributed by atoms with Gasteiger partial charge >= 0.3 is 0 Å². The predicted octanol–water partition coefficient (Wildman–Crippen LogP) is 2.39. The Morgan fingerprint density at radius 2 is 2.10 bits per heavy atom. The van der Waals surface area contributed by atoms with E-state index < -0.39 is 0 Å². The number of fused-ring (bicyclic) bond motifs is 1. The summed E-state index contributed by atoms with van der Waals surface area (Å²) < 4.78 is 6.91. The number of hydrogen-bond acceptors (Lipinski definition) is 3. The van der Waals surface area contributed by atoms with Gasteiger partial charge in [-0.2, -0.15) is 0 Å². The molecule has 1 aromatic carbocycles. The summed E-state index contributed by atoms with van der Waals surface area (Å²) in [5.74, 6) is 0.563. The summed E-state index contributed by atoms with van der Waals surface area (Å²) in [4.78, 5) is 12.4. The second-order valence-electron chi connectivity index (χ2n) is 4.76. The van der Waals surface area contributed by atoms with Gasteiger partial charge < -0.3 is 4.74 Å². The molecule has 20 heavy (non-hydrogen) atoms. The fourth-order valence-electron chi connectivity index (χ4n) is 2.18. The molecule has 2 aromatic rings. The Bertz CT molecular complexity index is 772. The van der Waals surface area contributed by atoms with Crippen molar-refractivity contribution >= 4 is 12.0 Å². The molecule has 0 radical (unpaired) electrons. The Morgan fingerprint density at radius 1 is 1.30 bits per heavy atom. The molecule has 1 aromatic heterocycles. The summed E-state index contributed by atoms with van der Waals surface area (Å²) in [5, 5.41) is 7.88. The van der Waals surface area contributed by atoms with Crippen LogP contribution in [0.3, 0.4) is 0 Å². The summed E-state index contributed by atoms with van der Waals surface area (Å²) in [5.41, 5.74) is 2.57. The quantitative estimate of drug-likeness (QED) is 0.861. The maximum atomic E-state index is 12.4. The molecule has 0 bridgehead atoms. The molecule has 0 unspecified atom stereocenters. The zero-order chi connectivity index (χ0) is 14.1. The van der Waals surface area contributed by atoms with Crippen LogP contribution in [0.15, 0.2) is 48.2 Å². The highest BCUT2D eigenvalue weighted by molar-refractivity contribution is 6.00. The van der Waals surface area contributed by atoms with Crippen molar-refractivity contribution in [1.82, 2.24) is 4.57 Å². The average molecular weight is 266 g/mol. The van der Waals surface area contributed by atoms with Crippen molar-refractivity contribution in [2.45, 2.75) is 6.92 Å². The normalized spacial score (nSPS) is 13.2. The van der Waals surface area contributed by atoms with E-state index in [1.165, 1.54) is 4.57 Å². The largest absolute Gasteiger partial charge is 0.488 e. The third-order valence-electron chi connectivity index (χ3n) is 3.24. The molecule has 1 aliphatic heterocycles. The number of carbonyl (C=O) groups is 1. The zero-order valence-corrected chi connectivity index (χ0v) is 11.1. The molecule has 0 spiro atoms. The molecule has 0 saturated carbocycles. The van der Waals surface area contributed by atoms with E-state index in [0.717, 1.165) is 16.9 Å². The topological polar surface area (TPSA) is 55.1 Å². The molecule has 0 fully saturated rings. The second kappa shape index (κ2) is 4.81. The van der Waals surface area contributed by atoms with Crippen LogP contribution < -0.4 is 10.2 Å². The minimum atomic E-state index is -0.218. The van der Waals surface area contributed by atoms with Crippen LogP contribution in [-0.4, -0.2) is 17.1 Å². The molecular formula is C16H14N2O2. The van der Waals surface area contributed by atoms with Gasteiger partial charge in [0.2, 0.25) is 0 Å². The SMILES string of the molecule is Cc1ccn(C(=O)C2=Cc3ccccc3OC2)c(=N)c1. The predicted molar refractivity (Wildman–Crippen MR) is 75.6 cm³/mol. The van der Waals surface area contributed by atoms with Gasteiger partial charge in [-0.25, -0.2) is 0 Å². The molecule has 4 heteroatoms. The van der Waals surface area contributed by atoms with Gasteiger partial charge in [0, 0.05) is 11.8 Å². The lowest BCUT2D eigenvalue weighted by molar-refractivity contribution is 0.0937. The summed E-state index contributed by atoms with van der Waals surface area (Å²) in [6.45, 7) is 2.13. The highest BCUT2D eigenvalue weighted by Crippen LogP contribution is 2.26. The third kappa shape index (κ3) is 2.16. The van der Waals surface area contributed by atoms with Gasteiger partial charge in [-0.3, -0.25) is 14.8 Å². The summed E-state index contributed by atoms with van der Waals surface area (Å²) in [6.07, 6.45) is 3.45. The van der Waals surface area contributed by atoms with E-state index >= 15 is 0 Å². The fraction of sp³-hybridized carbons (Fsp3) is 0.125. The number of carbonyl (C=O) groups excluding carboxylic acids is 1. The first kappa shape index (κ1) is 12.4. The maximum Gasteiger partial charge on any atom is 0.262 e. The molecule has 0 saturated heterocycles. The second-order valence-corrected chi connectivity index (χ2v) is 4.76. The number of para-hydroxylation sites is 1. The van der Waals surface area contributed by atoms with Gasteiger partial charge in [-0.1, -0.05) is 18.2 Å². The smallest absolute Gasteiger partial charge is 0.262 e. The van der Waals surface area contributed by atoms with Crippen LogP contribution >= 0.6 is 0 Å². The maximum absolute atomic E-state index is 12.4. The molecule has 1 aliphatic rings. The van der Waals surface area contributed by atoms with E-state index in [-0.39, 0.29) is 18.0 Å². The number of aryl methyl sites for hydroxylation is 1. The van der Waals surface area contributed by atoms with Crippen LogP contribution in [0.2, 0.25) is 0 Å². The van der Waals surface area contributed by atoms with Crippen molar-refractivity contribution in [2.75, 3.05) is 6.61 Å². The summed E-state index contributed by atoms with van der Waals surface area (Å²) in [7, 11) is 0. The Morgan fingerprint density at radius 3 is 2.90 bits per heavy atom. The molecule has 3 rings (SSSR count). The van der Waals surface area contributed by atoms with E-state index in [9.17, 15) is 4.79 Å². The first-order chi connectivity index (χ1) is 9.65. The number of ether oxygens (including phenoxy) is 1. The van der Waals surface area contributed by atoms with E-state index in [2.05, 4.69) is 0 Å². The van der Waals surface area contributed by atoms with Crippen molar-refractivity contribution < 1.29 is 9.53 Å². The number of nitrogens with zero attached hydrogens (tertiary/aromatic N) is 1. The van der Waals surface area contributed by atoms with Gasteiger partial charge in [-0.15, -0.1) is 0 Å². The molecule has 4 nitrogen and oxygen atoms in total. The standard InChI is InChI=1S/C16H14N2O2/c1-11-6-7-18(15(17)8-11)16(19)13-9-12-4-2-3-5-14(12)20-10-13/h2-9,17H,10H2,1H3. The summed E-state index contributed by atoms with van der Waals surface area (Å²) >= 11 is 0. The fourth-order valence-corrected chi connectivity index (χ4v) is 2.18. The number of benzene rings is 1. The van der Waals surface area contributed by atoms with E-state index in [4.69, 9.17) is 10.1 Å². The van der Waals surface area contributed by atoms with Crippen molar-refractivity contribution in [3.63, 3.8) is 0 Å². The van der Waals surface area contributed by atoms with Crippen molar-refractivity contribution in [1.29, 1.82) is 5.41 Å². The van der Waals surface area contributed by atoms with E-state index in [1.54, 1.807) is 12.3 Å². The van der Waals surface area contributed by atoms with Gasteiger partial charge in [0.1, 0.15) is 17.8 Å². The molecule has 100 valence electrons. The van der Waals surface area contributed by atoms with Crippen LogP contribution in [0, 0.1) is 12.3 Å². The van der Waals surface area contributed by atoms with Gasteiger partial charge in [0.25, 0.3) is 5.91 Å². The number of nitrogens with one attached hydrogen (secondary N) is 1. The number of hydrogen-bond donors (Lipinski definition) is 1. The molecule has 0 aliphatic carbocycles. The Hall–Kier alpha value is -2.62. The van der Waals surface area contributed by atoms with Crippen LogP contribution in [0.5, 0.6) is 5.75 Å². The van der Waals surface area contributed by atoms with Gasteiger partial charge in [0.15, 0.2) is 0 Å². The monoisotopic (exact) mass is 266 g/mol. The van der Waals surface area contributed by atoms with Crippen LogP contribution in [0.25, 0.3) is 6.08 Å². The summed E-state index contributed by atoms with van der Waals surface area (Å²) in [6, 6.07) is 11.1. The molecule has 0 atom stereocenters. The highest BCUT2D eigenvalue weighted by Gasteiger charge is 2.18. The van der Waals surface area contributed by atoms with Crippen molar-refractivity contribution in [3.8, 4) is 5.75 Å². The minimum Gasteiger partial charge on any atom is -0.488 e. The van der Waals surface area contributed by atoms with Crippen molar-refractivity contribution in [3.05, 3.63) is 64.8 Å². The highest BCUT2D eigenvalue weighted by atomic mass is 16.5. The molecule has 2 heterocycles. The molecular weight excluding hydrogens is 252 g/mol. The zero-order valence-electron chi connectivity index (χ0n) is 11.1. The van der Waals surface area contributed by atoms with Crippen LogP contribution in [0.1, 0.15) is 15.9 Å². The number of pyridine rings is 1. The Balaban J connectivity index is 2.00. The first-order valence-electron chi connectivity index (χ1n) is 6.36. The average Bonchev–Trinajstić information content (AvgIpc) is 2.46. The van der Waals surface area contributed by atoms with Crippen LogP contribution in [-0.2, 0) is 0 Å². The lowest BCUT2D eigenvalue weighted by Crippen LogP contribution is -2.29. The first-order valence-corrected chi connectivity index (χ1v) is 6.36. The van der Waals surface area contributed by atoms with E-state index in [1.807, 2.05) is 43.3 Å². The lowest BCUT2D eigenvalue weighted by Gasteiger charge is -2.17. The third-order valence-corrected chi connectivity index (χ3v) is 3.24. The Kier molecular flexibility index (Phi) is 2.99. The van der Waals surface area contributed by atoms with Gasteiger partial charge in [0.05, 0.1) is 5.57 Å². The lowest BCUT2D eigenvalue weighted by atomic mass is 10.1. The number of rotatable bonds is 1. The molecule has 0 amide bonds. The Labute approximate surface area is 116 Å². The number of aromatic nitrogens is 1. The molecule has 1 N–H and O–H groups in total. The van der Waals surface area contributed by atoms with Crippen molar-refractivity contribution in [2.24, 2.45) is 0 Å². The van der Waals surface area contributed by atoms with E-state index in [0.29, 0.717) is 5.57 Å².